The van der Waals surface area contributed by atoms with Gasteiger partial charge in [-0.05, 0) is 59.9 Å². The highest BCUT2D eigenvalue weighted by molar-refractivity contribution is 7.92. The summed E-state index contributed by atoms with van der Waals surface area (Å²) in [6.45, 7) is 5.97. The smallest absolute Gasteiger partial charge is 0.338 e. The number of nitrogens with zero attached hydrogens (tertiary/aromatic N) is 2. The van der Waals surface area contributed by atoms with Crippen molar-refractivity contribution in [1.29, 1.82) is 0 Å². The Morgan fingerprint density at radius 2 is 1.56 bits per heavy atom. The third-order valence-electron chi connectivity index (χ3n) is 8.34. The summed E-state index contributed by atoms with van der Waals surface area (Å²) in [4.78, 5) is 18.0. The van der Waals surface area contributed by atoms with E-state index in [-0.39, 0.29) is 22.8 Å². The van der Waals surface area contributed by atoms with E-state index < -0.39 is 32.9 Å². The molecule has 236 valence electrons. The molecule has 9 heteroatoms. The molecule has 0 fully saturated rings. The van der Waals surface area contributed by atoms with Crippen LogP contribution in [-0.4, -0.2) is 34.6 Å². The Kier molecular flexibility index (Phi) is 9.20. The zero-order valence-electron chi connectivity index (χ0n) is 26.2. The van der Waals surface area contributed by atoms with E-state index in [4.69, 9.17) is 4.74 Å². The van der Waals surface area contributed by atoms with Crippen LogP contribution in [0, 0.1) is 5.41 Å². The summed E-state index contributed by atoms with van der Waals surface area (Å²) in [5.74, 6) is -1.09. The van der Waals surface area contributed by atoms with Gasteiger partial charge in [-0.2, -0.15) is 8.42 Å². The van der Waals surface area contributed by atoms with Gasteiger partial charge in [0.25, 0.3) is 10.0 Å². The number of ether oxygens (including phenoxy) is 1. The van der Waals surface area contributed by atoms with Crippen molar-refractivity contribution in [2.24, 2.45) is 12.5 Å². The fourth-order valence-corrected chi connectivity index (χ4v) is 7.18. The highest BCUT2D eigenvalue weighted by Crippen LogP contribution is 2.47. The second kappa shape index (κ2) is 12.9. The number of hydrogen-bond donors (Lipinski definition) is 2. The molecule has 8 nitrogen and oxygen atoms in total. The van der Waals surface area contributed by atoms with Gasteiger partial charge < -0.3 is 14.4 Å². The molecule has 3 aromatic carbocycles. The van der Waals surface area contributed by atoms with Gasteiger partial charge in [-0.25, -0.2) is 9.78 Å². The molecule has 0 saturated heterocycles. The maximum absolute atomic E-state index is 14.0. The molecule has 0 bridgehead atoms. The summed E-state index contributed by atoms with van der Waals surface area (Å²) in [5, 5.41) is 11.6. The van der Waals surface area contributed by atoms with Crippen LogP contribution < -0.4 is 4.72 Å². The van der Waals surface area contributed by atoms with Crippen molar-refractivity contribution in [3.8, 4) is 0 Å². The van der Waals surface area contributed by atoms with E-state index in [0.717, 1.165) is 11.1 Å². The lowest BCUT2D eigenvalue weighted by atomic mass is 9.70. The molecule has 1 atom stereocenters. The highest BCUT2D eigenvalue weighted by Gasteiger charge is 2.46. The van der Waals surface area contributed by atoms with Gasteiger partial charge in [0.15, 0.2) is 5.03 Å². The molecule has 1 aliphatic rings. The van der Waals surface area contributed by atoms with Crippen molar-refractivity contribution < 1.29 is 23.1 Å². The van der Waals surface area contributed by atoms with E-state index >= 15 is 0 Å². The SMILES string of the molecule is Cn1cnc(S(=O)(=O)Nc2cccc([C@@H](C3=C(O)CC(CCc4ccccc4)(CCc4ccccc4)OC3=O)C(C)(C)C)c2)c1. The third-order valence-corrected chi connectivity index (χ3v) is 9.60. The lowest BCUT2D eigenvalue weighted by Gasteiger charge is -2.41. The number of rotatable bonds is 11. The Balaban J connectivity index is 1.47. The summed E-state index contributed by atoms with van der Waals surface area (Å²) in [5.41, 5.74) is 2.11. The van der Waals surface area contributed by atoms with E-state index in [9.17, 15) is 18.3 Å². The normalized spacial score (nSPS) is 15.9. The lowest BCUT2D eigenvalue weighted by molar-refractivity contribution is -0.161. The summed E-state index contributed by atoms with van der Waals surface area (Å²) in [6, 6.07) is 27.1. The molecule has 2 heterocycles. The maximum Gasteiger partial charge on any atom is 0.338 e. The minimum Gasteiger partial charge on any atom is -0.512 e. The van der Waals surface area contributed by atoms with Gasteiger partial charge in [0, 0.05) is 31.3 Å². The van der Waals surface area contributed by atoms with Crippen LogP contribution in [0.2, 0.25) is 0 Å². The van der Waals surface area contributed by atoms with Crippen LogP contribution in [0.3, 0.4) is 0 Å². The monoisotopic (exact) mass is 627 g/mol. The number of imidazole rings is 1. The van der Waals surface area contributed by atoms with Crippen molar-refractivity contribution in [2.75, 3.05) is 4.72 Å². The number of esters is 1. The van der Waals surface area contributed by atoms with Gasteiger partial charge in [0.2, 0.25) is 0 Å². The Morgan fingerprint density at radius 3 is 2.07 bits per heavy atom. The fourth-order valence-electron chi connectivity index (χ4n) is 6.14. The van der Waals surface area contributed by atoms with E-state index in [1.54, 1.807) is 29.8 Å². The molecule has 4 aromatic rings. The van der Waals surface area contributed by atoms with Gasteiger partial charge >= 0.3 is 5.97 Å². The predicted octanol–water partition coefficient (Wildman–Crippen LogP) is 7.11. The standard InChI is InChI=1S/C36H41N3O5S/c1-35(2,3)33(28-16-11-17-29(22-28)38-45(42,43)31-24-39(4)25-37-31)32-30(40)23-36(44-34(32)41,20-18-26-12-7-5-8-13-26)21-19-27-14-9-6-10-15-27/h5-17,22,24-25,33,38,40H,18-21,23H2,1-4H3/t33-/m0/s1. The third kappa shape index (κ3) is 7.65. The topological polar surface area (TPSA) is 111 Å². The average molecular weight is 628 g/mol. The largest absolute Gasteiger partial charge is 0.512 e. The molecule has 5 rings (SSSR count). The molecule has 0 aliphatic carbocycles. The summed E-state index contributed by atoms with van der Waals surface area (Å²) >= 11 is 0. The van der Waals surface area contributed by atoms with Gasteiger partial charge in [0.1, 0.15) is 11.4 Å². The van der Waals surface area contributed by atoms with Crippen LogP contribution in [0.15, 0.2) is 114 Å². The Hall–Kier alpha value is -4.37. The fraction of sp³-hybridized carbons (Fsp3) is 0.333. The molecular weight excluding hydrogens is 586 g/mol. The Morgan fingerprint density at radius 1 is 0.956 bits per heavy atom. The number of aliphatic hydroxyl groups is 1. The average Bonchev–Trinajstić information content (AvgIpc) is 3.45. The molecule has 0 spiro atoms. The zero-order valence-corrected chi connectivity index (χ0v) is 27.0. The van der Waals surface area contributed by atoms with Crippen LogP contribution in [0.1, 0.15) is 62.6 Å². The van der Waals surface area contributed by atoms with E-state index in [0.29, 0.717) is 36.9 Å². The van der Waals surface area contributed by atoms with E-state index in [2.05, 4.69) is 34.0 Å². The molecule has 2 N–H and O–H groups in total. The van der Waals surface area contributed by atoms with Crippen LogP contribution in [-0.2, 0) is 39.4 Å². The zero-order chi connectivity index (χ0) is 32.2. The number of aromatic nitrogens is 2. The minimum absolute atomic E-state index is 0.0202. The molecule has 1 aromatic heterocycles. The molecule has 45 heavy (non-hydrogen) atoms. The molecule has 0 saturated carbocycles. The molecule has 0 amide bonds. The van der Waals surface area contributed by atoms with Gasteiger partial charge in [-0.1, -0.05) is 93.6 Å². The van der Waals surface area contributed by atoms with E-state index in [1.165, 1.54) is 12.5 Å². The summed E-state index contributed by atoms with van der Waals surface area (Å²) in [6.07, 6.45) is 5.58. The van der Waals surface area contributed by atoms with Crippen molar-refractivity contribution >= 4 is 21.7 Å². The number of anilines is 1. The number of aryl methyl sites for hydroxylation is 3. The van der Waals surface area contributed by atoms with Crippen LogP contribution in [0.4, 0.5) is 5.69 Å². The van der Waals surface area contributed by atoms with Gasteiger partial charge in [-0.15, -0.1) is 0 Å². The first-order chi connectivity index (χ1) is 21.4. The van der Waals surface area contributed by atoms with E-state index in [1.807, 2.05) is 63.2 Å². The first kappa shape index (κ1) is 32.0. The number of aliphatic hydroxyl groups excluding tert-OH is 1. The first-order valence-corrected chi connectivity index (χ1v) is 16.7. The van der Waals surface area contributed by atoms with Crippen molar-refractivity contribution in [3.63, 3.8) is 0 Å². The molecule has 0 unspecified atom stereocenters. The van der Waals surface area contributed by atoms with Crippen molar-refractivity contribution in [3.05, 3.63) is 125 Å². The van der Waals surface area contributed by atoms with Crippen molar-refractivity contribution in [1.82, 2.24) is 9.55 Å². The molecule has 0 radical (unpaired) electrons. The minimum atomic E-state index is -3.93. The number of cyclic esters (lactones) is 1. The quantitative estimate of drug-likeness (QED) is 0.172. The predicted molar refractivity (Wildman–Crippen MR) is 175 cm³/mol. The van der Waals surface area contributed by atoms with Crippen LogP contribution in [0.5, 0.6) is 0 Å². The summed E-state index contributed by atoms with van der Waals surface area (Å²) in [7, 11) is -2.23. The number of carbonyl (C=O) groups excluding carboxylic acids is 1. The number of sulfonamides is 1. The second-order valence-corrected chi connectivity index (χ2v) is 14.6. The molecular formula is C36H41N3O5S. The van der Waals surface area contributed by atoms with Crippen LogP contribution in [0.25, 0.3) is 0 Å². The Bertz CT molecular complexity index is 1730. The highest BCUT2D eigenvalue weighted by atomic mass is 32.2. The number of carbonyl (C=O) groups is 1. The first-order valence-electron chi connectivity index (χ1n) is 15.2. The van der Waals surface area contributed by atoms with Crippen LogP contribution >= 0.6 is 0 Å². The summed E-state index contributed by atoms with van der Waals surface area (Å²) < 4.78 is 36.5. The van der Waals surface area contributed by atoms with Crippen molar-refractivity contribution in [2.45, 2.75) is 69.4 Å². The van der Waals surface area contributed by atoms with Gasteiger partial charge in [0.05, 0.1) is 11.9 Å². The second-order valence-electron chi connectivity index (χ2n) is 13.0. The van der Waals surface area contributed by atoms with Gasteiger partial charge in [-0.3, -0.25) is 4.72 Å². The number of hydrogen-bond acceptors (Lipinski definition) is 6. The Labute approximate surface area is 265 Å². The number of nitrogens with one attached hydrogen (secondary N) is 1. The molecule has 1 aliphatic heterocycles. The number of benzene rings is 3. The maximum atomic E-state index is 14.0. The lowest BCUT2D eigenvalue weighted by Crippen LogP contribution is -2.43.